The first-order valence-electron chi connectivity index (χ1n) is 9.49. The molecule has 0 aromatic heterocycles. The van der Waals surface area contributed by atoms with Gasteiger partial charge in [0.15, 0.2) is 0 Å². The van der Waals surface area contributed by atoms with E-state index in [9.17, 15) is 22.4 Å². The first-order chi connectivity index (χ1) is 14.4. The number of nitrogens with one attached hydrogen (secondary N) is 1. The summed E-state index contributed by atoms with van der Waals surface area (Å²) in [6, 6.07) is 10.6. The molecule has 0 aliphatic carbocycles. The quantitative estimate of drug-likeness (QED) is 0.731. The van der Waals surface area contributed by atoms with Crippen LogP contribution in [0.15, 0.2) is 42.5 Å². The smallest absolute Gasteiger partial charge is 0.247 e. The van der Waals surface area contributed by atoms with E-state index in [0.29, 0.717) is 21.8 Å². The molecule has 2 aromatic carbocycles. The topological polar surface area (TPSA) is 86.8 Å². The third-order valence-electron chi connectivity index (χ3n) is 5.34. The maximum atomic E-state index is 13.3. The highest BCUT2D eigenvalue weighted by Crippen LogP contribution is 2.35. The Morgan fingerprint density at radius 3 is 2.48 bits per heavy atom. The Hall–Kier alpha value is -2.49. The maximum absolute atomic E-state index is 13.3. The summed E-state index contributed by atoms with van der Waals surface area (Å²) in [7, 11) is -3.72. The molecule has 2 amide bonds. The number of hydrogen-bond acceptors (Lipinski definition) is 4. The van der Waals surface area contributed by atoms with E-state index >= 15 is 0 Å². The predicted octanol–water partition coefficient (Wildman–Crippen LogP) is 2.47. The van der Waals surface area contributed by atoms with Gasteiger partial charge in [-0.05, 0) is 49.2 Å². The second-order valence-corrected chi connectivity index (χ2v) is 10.1. The van der Waals surface area contributed by atoms with Crippen molar-refractivity contribution in [2.24, 2.45) is 0 Å². The molecule has 7 nitrogen and oxygen atoms in total. The molecular weight excluding hydrogens is 445 g/mol. The van der Waals surface area contributed by atoms with E-state index in [4.69, 9.17) is 11.6 Å². The monoisotopic (exact) mass is 467 g/mol. The minimum absolute atomic E-state index is 0.0874. The van der Waals surface area contributed by atoms with Crippen molar-refractivity contribution in [2.75, 3.05) is 24.2 Å². The van der Waals surface area contributed by atoms with Gasteiger partial charge >= 0.3 is 0 Å². The largest absolute Gasteiger partial charge is 0.350 e. The lowest BCUT2D eigenvalue weighted by molar-refractivity contribution is -0.133. The minimum atomic E-state index is -3.72. The van der Waals surface area contributed by atoms with Crippen LogP contribution in [0.2, 0.25) is 5.02 Å². The molecule has 2 aromatic rings. The fourth-order valence-corrected chi connectivity index (χ4v) is 4.59. The molecule has 1 unspecified atom stereocenters. The van der Waals surface area contributed by atoms with Gasteiger partial charge in [0.25, 0.3) is 0 Å². The van der Waals surface area contributed by atoms with Gasteiger partial charge in [0, 0.05) is 23.8 Å². The molecule has 1 N–H and O–H groups in total. The molecule has 1 aliphatic rings. The van der Waals surface area contributed by atoms with Gasteiger partial charge < -0.3 is 5.32 Å². The summed E-state index contributed by atoms with van der Waals surface area (Å²) >= 11 is 6.23. The van der Waals surface area contributed by atoms with Crippen LogP contribution >= 0.6 is 11.6 Å². The number of amides is 2. The summed E-state index contributed by atoms with van der Waals surface area (Å²) in [5.41, 5.74) is 0.160. The number of carbonyl (C=O) groups is 2. The molecule has 31 heavy (non-hydrogen) atoms. The van der Waals surface area contributed by atoms with Crippen LogP contribution in [0.5, 0.6) is 0 Å². The van der Waals surface area contributed by atoms with Gasteiger partial charge in [-0.2, -0.15) is 4.31 Å². The number of anilines is 1. The average molecular weight is 468 g/mol. The number of carbonyl (C=O) groups excluding carboxylic acids is 2. The number of nitrogens with zero attached hydrogens (tertiary/aromatic N) is 2. The molecule has 166 valence electrons. The molecule has 3 rings (SSSR count). The van der Waals surface area contributed by atoms with Crippen molar-refractivity contribution in [1.29, 1.82) is 0 Å². The van der Waals surface area contributed by atoms with E-state index < -0.39 is 33.2 Å². The molecule has 1 fully saturated rings. The van der Waals surface area contributed by atoms with Gasteiger partial charge in [0.05, 0.1) is 12.8 Å². The molecule has 0 spiro atoms. The third kappa shape index (κ3) is 4.73. The highest BCUT2D eigenvalue weighted by molar-refractivity contribution is 7.88. The molecule has 0 bridgehead atoms. The summed E-state index contributed by atoms with van der Waals surface area (Å²) in [5.74, 6) is -1.48. The Balaban J connectivity index is 1.99. The zero-order valence-corrected chi connectivity index (χ0v) is 18.9. The van der Waals surface area contributed by atoms with Crippen molar-refractivity contribution in [3.05, 3.63) is 64.4 Å². The summed E-state index contributed by atoms with van der Waals surface area (Å²) in [4.78, 5) is 27.7. The van der Waals surface area contributed by atoms with Crippen molar-refractivity contribution in [2.45, 2.75) is 25.9 Å². The Labute approximate surface area is 185 Å². The SMILES string of the molecule is Cc1c(Cl)cccc1N1C(=O)CN(S(C)(=O)=O)CC1(C)C(=O)NCc1ccc(F)cc1. The van der Waals surface area contributed by atoms with Crippen LogP contribution in [0.4, 0.5) is 10.1 Å². The fourth-order valence-electron chi connectivity index (χ4n) is 3.59. The Bertz CT molecular complexity index is 1120. The van der Waals surface area contributed by atoms with Crippen LogP contribution in [-0.2, 0) is 26.2 Å². The van der Waals surface area contributed by atoms with Gasteiger partial charge in [-0.1, -0.05) is 29.8 Å². The second-order valence-electron chi connectivity index (χ2n) is 7.73. The molecule has 10 heteroatoms. The van der Waals surface area contributed by atoms with Crippen molar-refractivity contribution >= 4 is 39.1 Å². The molecule has 1 heterocycles. The van der Waals surface area contributed by atoms with Gasteiger partial charge in [0.2, 0.25) is 21.8 Å². The maximum Gasteiger partial charge on any atom is 0.247 e. The van der Waals surface area contributed by atoms with Crippen LogP contribution in [0.25, 0.3) is 0 Å². The fraction of sp³-hybridized carbons (Fsp3) is 0.333. The lowest BCUT2D eigenvalue weighted by Crippen LogP contribution is -2.70. The van der Waals surface area contributed by atoms with Crippen LogP contribution in [-0.4, -0.2) is 49.4 Å². The Morgan fingerprint density at radius 1 is 1.23 bits per heavy atom. The standard InChI is InChI=1S/C21H23ClFN3O4S/c1-14-17(22)5-4-6-18(14)26-19(27)12-25(31(3,29)30)13-21(26,2)20(28)24-11-15-7-9-16(23)10-8-15/h4-10H,11-13H2,1-3H3,(H,24,28). The van der Waals surface area contributed by atoms with Gasteiger partial charge in [0.1, 0.15) is 11.4 Å². The number of rotatable bonds is 5. The summed E-state index contributed by atoms with van der Waals surface area (Å²) in [5, 5.41) is 3.17. The summed E-state index contributed by atoms with van der Waals surface area (Å²) in [6.45, 7) is 2.72. The summed E-state index contributed by atoms with van der Waals surface area (Å²) in [6.07, 6.45) is 0.997. The van der Waals surface area contributed by atoms with E-state index in [2.05, 4.69) is 5.32 Å². The molecule has 1 atom stereocenters. The molecule has 0 radical (unpaired) electrons. The van der Waals surface area contributed by atoms with E-state index in [-0.39, 0.29) is 19.6 Å². The van der Waals surface area contributed by atoms with E-state index in [1.165, 1.54) is 36.1 Å². The van der Waals surface area contributed by atoms with Crippen LogP contribution in [0, 0.1) is 12.7 Å². The van der Waals surface area contributed by atoms with E-state index in [1.54, 1.807) is 25.1 Å². The first kappa shape index (κ1) is 23.2. The van der Waals surface area contributed by atoms with Crippen LogP contribution in [0.3, 0.4) is 0 Å². The number of halogens is 2. The summed E-state index contributed by atoms with van der Waals surface area (Å²) < 4.78 is 38.5. The zero-order chi connectivity index (χ0) is 23.0. The number of sulfonamides is 1. The van der Waals surface area contributed by atoms with Gasteiger partial charge in [-0.25, -0.2) is 12.8 Å². The predicted molar refractivity (Wildman–Crippen MR) is 117 cm³/mol. The molecule has 0 saturated carbocycles. The number of benzene rings is 2. The second kappa shape index (κ2) is 8.57. The zero-order valence-electron chi connectivity index (χ0n) is 17.4. The van der Waals surface area contributed by atoms with Crippen molar-refractivity contribution in [3.8, 4) is 0 Å². The van der Waals surface area contributed by atoms with Crippen molar-refractivity contribution in [3.63, 3.8) is 0 Å². The number of piperazine rings is 1. The van der Waals surface area contributed by atoms with Crippen molar-refractivity contribution in [1.82, 2.24) is 9.62 Å². The average Bonchev–Trinajstić information content (AvgIpc) is 2.69. The normalized spacial score (nSPS) is 20.0. The highest BCUT2D eigenvalue weighted by atomic mass is 35.5. The lowest BCUT2D eigenvalue weighted by Gasteiger charge is -2.47. The Kier molecular flexibility index (Phi) is 6.40. The minimum Gasteiger partial charge on any atom is -0.350 e. The van der Waals surface area contributed by atoms with Crippen LogP contribution in [0.1, 0.15) is 18.1 Å². The molecular formula is C21H23ClFN3O4S. The highest BCUT2D eigenvalue weighted by Gasteiger charge is 2.50. The first-order valence-corrected chi connectivity index (χ1v) is 11.7. The molecule has 1 aliphatic heterocycles. The molecule has 1 saturated heterocycles. The van der Waals surface area contributed by atoms with E-state index in [1.807, 2.05) is 0 Å². The lowest BCUT2D eigenvalue weighted by atomic mass is 9.93. The van der Waals surface area contributed by atoms with Gasteiger partial charge in [-0.15, -0.1) is 0 Å². The van der Waals surface area contributed by atoms with Gasteiger partial charge in [-0.3, -0.25) is 14.5 Å². The number of hydrogen-bond donors (Lipinski definition) is 1. The Morgan fingerprint density at radius 2 is 1.87 bits per heavy atom. The van der Waals surface area contributed by atoms with Crippen LogP contribution < -0.4 is 10.2 Å². The van der Waals surface area contributed by atoms with Crippen molar-refractivity contribution < 1.29 is 22.4 Å². The van der Waals surface area contributed by atoms with E-state index in [0.717, 1.165) is 10.6 Å². The third-order valence-corrected chi connectivity index (χ3v) is 6.95.